The van der Waals surface area contributed by atoms with Crippen molar-refractivity contribution >= 4 is 28.9 Å². The summed E-state index contributed by atoms with van der Waals surface area (Å²) < 4.78 is 15.7. The Bertz CT molecular complexity index is 1230. The number of nitrogens with two attached hydrogens (primary N) is 1. The molecule has 1 amide bonds. The number of fused-ring (bicyclic) bond motifs is 5. The molecule has 0 atom stereocenters. The smallest absolute Gasteiger partial charge is 0.261 e. The van der Waals surface area contributed by atoms with Crippen LogP contribution in [0.15, 0.2) is 30.5 Å². The van der Waals surface area contributed by atoms with Gasteiger partial charge in [0.15, 0.2) is 5.82 Å². The summed E-state index contributed by atoms with van der Waals surface area (Å²) in [5.41, 5.74) is 8.90. The zero-order valence-corrected chi connectivity index (χ0v) is 17.6. The number of rotatable bonds is 3. The van der Waals surface area contributed by atoms with Gasteiger partial charge in [0.1, 0.15) is 23.4 Å². The van der Waals surface area contributed by atoms with Crippen LogP contribution >= 0.6 is 0 Å². The van der Waals surface area contributed by atoms with Crippen molar-refractivity contribution in [1.29, 1.82) is 5.26 Å². The topological polar surface area (TPSA) is 104 Å². The van der Waals surface area contributed by atoms with E-state index < -0.39 is 5.82 Å². The predicted molar refractivity (Wildman–Crippen MR) is 117 cm³/mol. The standard InChI is InChI=1S/C22H22FN7O/c1-4-5-8-30-16-10-14(23)6-7-15(16)22(31)28(2)21-19(18(11-24)29(3)27-21)13-9-17(30)20(25)26-12-13/h6-7,9-10,12H,4-5,8H2,1-3H3,(H2,25,26). The Balaban J connectivity index is 2.10. The number of carbonyl (C=O) groups excluding carboxylic acids is 1. The van der Waals surface area contributed by atoms with Crippen molar-refractivity contribution in [2.75, 3.05) is 29.1 Å². The number of benzene rings is 1. The van der Waals surface area contributed by atoms with Crippen LogP contribution in [0.1, 0.15) is 35.8 Å². The number of nitrogen functional groups attached to an aromatic ring is 1. The van der Waals surface area contributed by atoms with Crippen molar-refractivity contribution in [3.8, 4) is 17.2 Å². The van der Waals surface area contributed by atoms with Crippen LogP contribution in [-0.4, -0.2) is 34.3 Å². The lowest BCUT2D eigenvalue weighted by atomic mass is 10.0. The summed E-state index contributed by atoms with van der Waals surface area (Å²) in [6.07, 6.45) is 3.25. The molecule has 1 aliphatic heterocycles. The van der Waals surface area contributed by atoms with Crippen molar-refractivity contribution in [2.24, 2.45) is 7.05 Å². The highest BCUT2D eigenvalue weighted by Crippen LogP contribution is 2.41. The molecule has 8 nitrogen and oxygen atoms in total. The molecule has 158 valence electrons. The number of hydrogen-bond acceptors (Lipinski definition) is 6. The molecular weight excluding hydrogens is 397 g/mol. The second-order valence-electron chi connectivity index (χ2n) is 7.44. The predicted octanol–water partition coefficient (Wildman–Crippen LogP) is 3.60. The van der Waals surface area contributed by atoms with Gasteiger partial charge in [-0.1, -0.05) is 13.3 Å². The molecule has 0 radical (unpaired) electrons. The number of nitrogens with zero attached hydrogens (tertiary/aromatic N) is 6. The van der Waals surface area contributed by atoms with E-state index in [1.807, 2.05) is 17.9 Å². The van der Waals surface area contributed by atoms with Gasteiger partial charge >= 0.3 is 0 Å². The number of amides is 1. The summed E-state index contributed by atoms with van der Waals surface area (Å²) in [4.78, 5) is 21.1. The molecule has 31 heavy (non-hydrogen) atoms. The number of carbonyl (C=O) groups is 1. The quantitative estimate of drug-likeness (QED) is 0.696. The van der Waals surface area contributed by atoms with Crippen LogP contribution in [0.2, 0.25) is 0 Å². The molecular formula is C22H22FN7O. The van der Waals surface area contributed by atoms with E-state index in [4.69, 9.17) is 5.73 Å². The summed E-state index contributed by atoms with van der Waals surface area (Å²) in [7, 11) is 3.23. The summed E-state index contributed by atoms with van der Waals surface area (Å²) >= 11 is 0. The molecule has 3 aromatic rings. The van der Waals surface area contributed by atoms with Crippen LogP contribution in [0.5, 0.6) is 0 Å². The van der Waals surface area contributed by atoms with Gasteiger partial charge in [0, 0.05) is 32.4 Å². The highest BCUT2D eigenvalue weighted by molar-refractivity contribution is 6.11. The first-order chi connectivity index (χ1) is 14.9. The maximum absolute atomic E-state index is 14.3. The Morgan fingerprint density at radius 1 is 1.23 bits per heavy atom. The van der Waals surface area contributed by atoms with Gasteiger partial charge in [-0.2, -0.15) is 10.4 Å². The Kier molecular flexibility index (Phi) is 5.07. The van der Waals surface area contributed by atoms with Crippen LogP contribution in [0, 0.1) is 17.1 Å². The molecule has 0 spiro atoms. The Hall–Kier alpha value is -3.93. The lowest BCUT2D eigenvalue weighted by Crippen LogP contribution is -2.31. The normalized spacial score (nSPS) is 12.9. The van der Waals surface area contributed by atoms with E-state index in [0.717, 1.165) is 12.8 Å². The van der Waals surface area contributed by atoms with Gasteiger partial charge in [-0.3, -0.25) is 14.4 Å². The van der Waals surface area contributed by atoms with Gasteiger partial charge in [-0.05, 0) is 30.7 Å². The molecule has 0 fully saturated rings. The summed E-state index contributed by atoms with van der Waals surface area (Å²) in [5, 5.41) is 14.1. The number of pyridine rings is 1. The van der Waals surface area contributed by atoms with E-state index in [-0.39, 0.29) is 11.7 Å². The third-order valence-electron chi connectivity index (χ3n) is 5.45. The highest BCUT2D eigenvalue weighted by atomic mass is 19.1. The minimum atomic E-state index is -0.458. The number of unbranched alkanes of at least 4 members (excludes halogenated alkanes) is 1. The van der Waals surface area contributed by atoms with Crippen LogP contribution in [0.4, 0.5) is 27.4 Å². The first-order valence-electron chi connectivity index (χ1n) is 9.95. The number of halogens is 1. The van der Waals surface area contributed by atoms with Gasteiger partial charge in [0.05, 0.1) is 22.5 Å². The van der Waals surface area contributed by atoms with Gasteiger partial charge in [-0.25, -0.2) is 9.37 Å². The van der Waals surface area contributed by atoms with E-state index in [1.165, 1.54) is 27.8 Å². The van der Waals surface area contributed by atoms with E-state index in [0.29, 0.717) is 46.1 Å². The van der Waals surface area contributed by atoms with Gasteiger partial charge in [-0.15, -0.1) is 0 Å². The number of aryl methyl sites for hydroxylation is 1. The molecule has 2 aromatic heterocycles. The molecule has 0 saturated carbocycles. The van der Waals surface area contributed by atoms with Gasteiger partial charge < -0.3 is 10.6 Å². The second kappa shape index (κ2) is 7.72. The number of hydrogen-bond donors (Lipinski definition) is 1. The molecule has 4 rings (SSSR count). The average Bonchev–Trinajstić information content (AvgIpc) is 3.09. The molecule has 2 bridgehead atoms. The zero-order valence-electron chi connectivity index (χ0n) is 17.6. The fourth-order valence-electron chi connectivity index (χ4n) is 3.83. The second-order valence-corrected chi connectivity index (χ2v) is 7.44. The number of nitriles is 1. The average molecular weight is 419 g/mol. The lowest BCUT2D eigenvalue weighted by molar-refractivity contribution is 0.0992. The van der Waals surface area contributed by atoms with Crippen LogP contribution in [0.3, 0.4) is 0 Å². The molecule has 0 aliphatic carbocycles. The Morgan fingerprint density at radius 3 is 2.71 bits per heavy atom. The van der Waals surface area contributed by atoms with Crippen LogP contribution in [0.25, 0.3) is 11.1 Å². The van der Waals surface area contributed by atoms with Crippen molar-refractivity contribution in [1.82, 2.24) is 14.8 Å². The van der Waals surface area contributed by atoms with E-state index in [1.54, 1.807) is 20.3 Å². The van der Waals surface area contributed by atoms with E-state index in [2.05, 4.69) is 16.2 Å². The van der Waals surface area contributed by atoms with Gasteiger partial charge in [0.25, 0.3) is 5.91 Å². The maximum atomic E-state index is 14.3. The highest BCUT2D eigenvalue weighted by Gasteiger charge is 2.30. The Morgan fingerprint density at radius 2 is 2.00 bits per heavy atom. The summed E-state index contributed by atoms with van der Waals surface area (Å²) in [6, 6.07) is 8.03. The fraction of sp³-hybridized carbons (Fsp3) is 0.273. The van der Waals surface area contributed by atoms with Gasteiger partial charge in [0.2, 0.25) is 0 Å². The monoisotopic (exact) mass is 419 g/mol. The third kappa shape index (κ3) is 3.26. The molecule has 0 saturated heterocycles. The van der Waals surface area contributed by atoms with Crippen molar-refractivity contribution in [3.05, 3.63) is 47.5 Å². The molecule has 9 heteroatoms. The van der Waals surface area contributed by atoms with Crippen molar-refractivity contribution in [2.45, 2.75) is 19.8 Å². The lowest BCUT2D eigenvalue weighted by Gasteiger charge is -2.30. The molecule has 2 N–H and O–H groups in total. The Labute approximate surface area is 179 Å². The minimum absolute atomic E-state index is 0.250. The number of anilines is 4. The third-order valence-corrected chi connectivity index (χ3v) is 5.45. The fourth-order valence-corrected chi connectivity index (χ4v) is 3.83. The minimum Gasteiger partial charge on any atom is -0.382 e. The number of aromatic nitrogens is 3. The van der Waals surface area contributed by atoms with E-state index in [9.17, 15) is 14.4 Å². The van der Waals surface area contributed by atoms with Crippen molar-refractivity contribution < 1.29 is 9.18 Å². The first kappa shape index (κ1) is 20.3. The molecule has 1 aliphatic rings. The molecule has 1 aromatic carbocycles. The largest absolute Gasteiger partial charge is 0.382 e. The van der Waals surface area contributed by atoms with Crippen molar-refractivity contribution in [3.63, 3.8) is 0 Å². The summed E-state index contributed by atoms with van der Waals surface area (Å²) in [6.45, 7) is 2.57. The first-order valence-corrected chi connectivity index (χ1v) is 9.95. The van der Waals surface area contributed by atoms with E-state index >= 15 is 0 Å². The molecule has 3 heterocycles. The van der Waals surface area contributed by atoms with Crippen LogP contribution in [-0.2, 0) is 7.05 Å². The maximum Gasteiger partial charge on any atom is 0.261 e. The zero-order chi connectivity index (χ0) is 22.3. The molecule has 0 unspecified atom stereocenters. The summed E-state index contributed by atoms with van der Waals surface area (Å²) in [5.74, 6) is -0.253. The van der Waals surface area contributed by atoms with Crippen LogP contribution < -0.4 is 15.5 Å². The SMILES string of the molecule is CCCCN1c2cc(F)ccc2C(=O)N(C)c2nn(C)c(C#N)c2-c2cnc(N)c1c2.